The molecule has 92 valence electrons. The van der Waals surface area contributed by atoms with Crippen molar-refractivity contribution in [3.63, 3.8) is 0 Å². The number of hydrogen-bond acceptors (Lipinski definition) is 7. The second-order valence-electron chi connectivity index (χ2n) is 3.56. The molecule has 0 radical (unpaired) electrons. The largest absolute Gasteiger partial charge is 0.374 e. The highest BCUT2D eigenvalue weighted by atomic mass is 32.1. The van der Waals surface area contributed by atoms with Gasteiger partial charge in [0.2, 0.25) is 5.82 Å². The Hall–Kier alpha value is -1.31. The van der Waals surface area contributed by atoms with E-state index in [0.29, 0.717) is 18.3 Å². The first kappa shape index (κ1) is 12.2. The molecule has 17 heavy (non-hydrogen) atoms. The van der Waals surface area contributed by atoms with Crippen LogP contribution in [0.4, 0.5) is 0 Å². The number of nitrogens with zero attached hydrogens (tertiary/aromatic N) is 3. The number of rotatable bonds is 4. The van der Waals surface area contributed by atoms with Crippen molar-refractivity contribution in [2.24, 2.45) is 5.73 Å². The topological polar surface area (TPSA) is 87.1 Å². The molecule has 6 nitrogen and oxygen atoms in total. The van der Waals surface area contributed by atoms with Crippen LogP contribution in [0.15, 0.2) is 4.52 Å². The third kappa shape index (κ3) is 2.36. The molecule has 0 aromatic carbocycles. The zero-order valence-corrected chi connectivity index (χ0v) is 10.7. The van der Waals surface area contributed by atoms with Crippen LogP contribution >= 0.6 is 11.3 Å². The van der Waals surface area contributed by atoms with E-state index < -0.39 is 0 Å². The molecule has 0 aliphatic carbocycles. The van der Waals surface area contributed by atoms with Crippen LogP contribution in [0.5, 0.6) is 0 Å². The maximum absolute atomic E-state index is 5.55. The lowest BCUT2D eigenvalue weighted by atomic mass is 10.3. The lowest BCUT2D eigenvalue weighted by Crippen LogP contribution is -1.97. The standard InChI is InChI=1S/C10H14N4O2S/c1-5-8(17-7(4-11)12-5)10-13-9(14-16-10)6(2)15-3/h6H,4,11H2,1-3H3. The van der Waals surface area contributed by atoms with Crippen molar-refractivity contribution in [1.29, 1.82) is 0 Å². The molecule has 0 amide bonds. The van der Waals surface area contributed by atoms with Crippen LogP contribution in [-0.4, -0.2) is 22.2 Å². The van der Waals surface area contributed by atoms with E-state index in [-0.39, 0.29) is 6.10 Å². The Morgan fingerprint density at radius 2 is 2.24 bits per heavy atom. The zero-order chi connectivity index (χ0) is 12.4. The molecule has 0 saturated heterocycles. The third-order valence-electron chi connectivity index (χ3n) is 2.37. The third-order valence-corrected chi connectivity index (χ3v) is 3.54. The van der Waals surface area contributed by atoms with Crippen molar-refractivity contribution in [2.45, 2.75) is 26.5 Å². The number of methoxy groups -OCH3 is 1. The monoisotopic (exact) mass is 254 g/mol. The summed E-state index contributed by atoms with van der Waals surface area (Å²) in [5.74, 6) is 1.00. The minimum absolute atomic E-state index is 0.185. The molecule has 0 spiro atoms. The number of thiazole rings is 1. The predicted octanol–water partition coefficient (Wildman–Crippen LogP) is 1.67. The second-order valence-corrected chi connectivity index (χ2v) is 4.65. The summed E-state index contributed by atoms with van der Waals surface area (Å²) in [6.45, 7) is 4.18. The van der Waals surface area contributed by atoms with Crippen LogP contribution in [0.2, 0.25) is 0 Å². The van der Waals surface area contributed by atoms with Crippen LogP contribution in [0.25, 0.3) is 10.8 Å². The van der Waals surface area contributed by atoms with Gasteiger partial charge < -0.3 is 15.0 Å². The van der Waals surface area contributed by atoms with E-state index in [4.69, 9.17) is 15.0 Å². The quantitative estimate of drug-likeness (QED) is 0.893. The van der Waals surface area contributed by atoms with Gasteiger partial charge in [-0.15, -0.1) is 11.3 Å². The van der Waals surface area contributed by atoms with E-state index in [0.717, 1.165) is 15.6 Å². The Morgan fingerprint density at radius 1 is 1.47 bits per heavy atom. The minimum Gasteiger partial charge on any atom is -0.374 e. The predicted molar refractivity (Wildman–Crippen MR) is 63.5 cm³/mol. The summed E-state index contributed by atoms with van der Waals surface area (Å²) < 4.78 is 10.3. The summed E-state index contributed by atoms with van der Waals surface area (Å²) in [5, 5.41) is 4.73. The Kier molecular flexibility index (Phi) is 3.51. The van der Waals surface area contributed by atoms with Gasteiger partial charge in [0, 0.05) is 13.7 Å². The highest BCUT2D eigenvalue weighted by Gasteiger charge is 2.18. The van der Waals surface area contributed by atoms with Crippen LogP contribution in [-0.2, 0) is 11.3 Å². The molecule has 2 N–H and O–H groups in total. The van der Waals surface area contributed by atoms with Gasteiger partial charge in [-0.2, -0.15) is 4.98 Å². The zero-order valence-electron chi connectivity index (χ0n) is 9.93. The fraction of sp³-hybridized carbons (Fsp3) is 0.500. The number of aryl methyl sites for hydroxylation is 1. The highest BCUT2D eigenvalue weighted by molar-refractivity contribution is 7.15. The van der Waals surface area contributed by atoms with Crippen LogP contribution in [0.1, 0.15) is 29.6 Å². The van der Waals surface area contributed by atoms with Gasteiger partial charge in [-0.25, -0.2) is 4.98 Å². The lowest BCUT2D eigenvalue weighted by Gasteiger charge is -2.00. The number of aromatic nitrogens is 3. The fourth-order valence-corrected chi connectivity index (χ4v) is 2.20. The smallest absolute Gasteiger partial charge is 0.270 e. The summed E-state index contributed by atoms with van der Waals surface area (Å²) in [6, 6.07) is 0. The van der Waals surface area contributed by atoms with Gasteiger partial charge in [0.15, 0.2) is 0 Å². The molecule has 7 heteroatoms. The molecule has 0 fully saturated rings. The van der Waals surface area contributed by atoms with E-state index in [9.17, 15) is 0 Å². The van der Waals surface area contributed by atoms with E-state index >= 15 is 0 Å². The maximum Gasteiger partial charge on any atom is 0.270 e. The minimum atomic E-state index is -0.185. The average Bonchev–Trinajstić information content (AvgIpc) is 2.94. The van der Waals surface area contributed by atoms with Gasteiger partial charge in [0.1, 0.15) is 16.0 Å². The van der Waals surface area contributed by atoms with Gasteiger partial charge in [-0.3, -0.25) is 0 Å². The Labute approximate surface area is 103 Å². The molecule has 2 aromatic rings. The molecule has 0 aliphatic rings. The van der Waals surface area contributed by atoms with Crippen molar-refractivity contribution < 1.29 is 9.26 Å². The van der Waals surface area contributed by atoms with Crippen molar-refractivity contribution in [2.75, 3.05) is 7.11 Å². The second kappa shape index (κ2) is 4.91. The average molecular weight is 254 g/mol. The van der Waals surface area contributed by atoms with Crippen molar-refractivity contribution >= 4 is 11.3 Å². The van der Waals surface area contributed by atoms with Crippen molar-refractivity contribution in [3.05, 3.63) is 16.5 Å². The SMILES string of the molecule is COC(C)c1noc(-c2sc(CN)nc2C)n1. The van der Waals surface area contributed by atoms with Gasteiger partial charge in [-0.1, -0.05) is 5.16 Å². The van der Waals surface area contributed by atoms with E-state index in [1.807, 2.05) is 13.8 Å². The molecule has 0 bridgehead atoms. The number of hydrogen-bond donors (Lipinski definition) is 1. The number of ether oxygens (including phenoxy) is 1. The molecule has 2 aromatic heterocycles. The summed E-state index contributed by atoms with van der Waals surface area (Å²) >= 11 is 1.47. The molecule has 2 heterocycles. The van der Waals surface area contributed by atoms with E-state index in [2.05, 4.69) is 15.1 Å². The van der Waals surface area contributed by atoms with Gasteiger partial charge >= 0.3 is 0 Å². The van der Waals surface area contributed by atoms with Crippen molar-refractivity contribution in [3.8, 4) is 10.8 Å². The van der Waals surface area contributed by atoms with Gasteiger partial charge in [0.05, 0.1) is 5.69 Å². The lowest BCUT2D eigenvalue weighted by molar-refractivity contribution is 0.109. The number of nitrogens with two attached hydrogens (primary N) is 1. The maximum atomic E-state index is 5.55. The fourth-order valence-electron chi connectivity index (χ4n) is 1.34. The first-order valence-electron chi connectivity index (χ1n) is 5.18. The van der Waals surface area contributed by atoms with E-state index in [1.54, 1.807) is 7.11 Å². The molecular formula is C10H14N4O2S. The summed E-state index contributed by atoms with van der Waals surface area (Å²) in [7, 11) is 1.60. The van der Waals surface area contributed by atoms with E-state index in [1.165, 1.54) is 11.3 Å². The van der Waals surface area contributed by atoms with Crippen molar-refractivity contribution in [1.82, 2.24) is 15.1 Å². The summed E-state index contributed by atoms with van der Waals surface area (Å²) in [4.78, 5) is 9.47. The molecule has 0 aliphatic heterocycles. The summed E-state index contributed by atoms with van der Waals surface area (Å²) in [6.07, 6.45) is -0.185. The van der Waals surface area contributed by atoms with Crippen LogP contribution in [0, 0.1) is 6.92 Å². The van der Waals surface area contributed by atoms with Crippen LogP contribution in [0.3, 0.4) is 0 Å². The first-order valence-corrected chi connectivity index (χ1v) is 6.00. The Bertz CT molecular complexity index is 508. The molecule has 1 unspecified atom stereocenters. The summed E-state index contributed by atoms with van der Waals surface area (Å²) in [5.41, 5.74) is 6.40. The Morgan fingerprint density at radius 3 is 2.82 bits per heavy atom. The molecule has 1 atom stereocenters. The Balaban J connectivity index is 2.33. The molecule has 0 saturated carbocycles. The first-order chi connectivity index (χ1) is 8.15. The molecule has 2 rings (SSSR count). The molecular weight excluding hydrogens is 240 g/mol. The van der Waals surface area contributed by atoms with Crippen LogP contribution < -0.4 is 5.73 Å². The van der Waals surface area contributed by atoms with Gasteiger partial charge in [-0.05, 0) is 13.8 Å². The van der Waals surface area contributed by atoms with Gasteiger partial charge in [0.25, 0.3) is 5.89 Å². The highest BCUT2D eigenvalue weighted by Crippen LogP contribution is 2.29. The normalized spacial score (nSPS) is 12.9.